The first-order chi connectivity index (χ1) is 18.8. The van der Waals surface area contributed by atoms with E-state index in [2.05, 4.69) is 47.8 Å². The van der Waals surface area contributed by atoms with Crippen LogP contribution in [-0.4, -0.2) is 6.61 Å². The summed E-state index contributed by atoms with van der Waals surface area (Å²) in [7, 11) is 0. The van der Waals surface area contributed by atoms with Crippen molar-refractivity contribution in [3.63, 3.8) is 0 Å². The van der Waals surface area contributed by atoms with Crippen molar-refractivity contribution in [3.05, 3.63) is 112 Å². The third-order valence-electron chi connectivity index (χ3n) is 6.61. The van der Waals surface area contributed by atoms with Gasteiger partial charge in [0.2, 0.25) is 0 Å². The van der Waals surface area contributed by atoms with Crippen molar-refractivity contribution in [2.75, 3.05) is 0 Å². The SMILES string of the molecule is CCCCCCc1ccc(CCc2ccc3c(F)c(C#Cc4cc(F)c(OC(F)F)c(F)c4)ccc3c2)cc1. The highest BCUT2D eigenvalue weighted by Gasteiger charge is 2.16. The molecule has 6 heteroatoms. The second-order valence-corrected chi connectivity index (χ2v) is 9.51. The maximum atomic E-state index is 15.1. The molecule has 0 fully saturated rings. The minimum absolute atomic E-state index is 0.0544. The van der Waals surface area contributed by atoms with Crippen LogP contribution in [0, 0.1) is 29.3 Å². The summed E-state index contributed by atoms with van der Waals surface area (Å²) in [5.41, 5.74) is 3.63. The van der Waals surface area contributed by atoms with Gasteiger partial charge in [0, 0.05) is 10.9 Å². The molecule has 0 aromatic heterocycles. The van der Waals surface area contributed by atoms with E-state index in [1.165, 1.54) is 42.9 Å². The lowest BCUT2D eigenvalue weighted by Gasteiger charge is -2.08. The Morgan fingerprint density at radius 2 is 1.33 bits per heavy atom. The fourth-order valence-electron chi connectivity index (χ4n) is 4.48. The van der Waals surface area contributed by atoms with E-state index in [4.69, 9.17) is 0 Å². The van der Waals surface area contributed by atoms with Crippen LogP contribution in [0.1, 0.15) is 60.4 Å². The van der Waals surface area contributed by atoms with E-state index in [9.17, 15) is 17.6 Å². The van der Waals surface area contributed by atoms with Crippen LogP contribution in [0.15, 0.2) is 66.7 Å². The highest BCUT2D eigenvalue weighted by Crippen LogP contribution is 2.26. The van der Waals surface area contributed by atoms with Crippen LogP contribution < -0.4 is 4.74 Å². The minimum atomic E-state index is -3.37. The van der Waals surface area contributed by atoms with Crippen molar-refractivity contribution in [1.29, 1.82) is 0 Å². The molecule has 0 atom stereocenters. The summed E-state index contributed by atoms with van der Waals surface area (Å²) in [6.07, 6.45) is 7.81. The number of rotatable bonds is 10. The molecule has 0 saturated heterocycles. The standard InChI is InChI=1S/C33H29F5O/c1-2-3-4-5-6-22-7-9-23(10-8-22)11-12-24-14-18-28-27(19-24)17-16-26(31(28)36)15-13-25-20-29(34)32(30(35)21-25)39-33(37)38/h7-10,14,16-21,33H,2-6,11-12H2,1H3. The molecule has 0 saturated carbocycles. The highest BCUT2D eigenvalue weighted by atomic mass is 19.3. The number of unbranched alkanes of at least 4 members (excludes halogenated alkanes) is 3. The summed E-state index contributed by atoms with van der Waals surface area (Å²) in [5.74, 6) is 0.705. The zero-order chi connectivity index (χ0) is 27.8. The van der Waals surface area contributed by atoms with Gasteiger partial charge in [-0.05, 0) is 66.0 Å². The Kier molecular flexibility index (Phi) is 9.59. The van der Waals surface area contributed by atoms with Gasteiger partial charge < -0.3 is 4.74 Å². The molecule has 0 aliphatic rings. The van der Waals surface area contributed by atoms with E-state index in [1.807, 2.05) is 12.1 Å². The Morgan fingerprint density at radius 1 is 0.692 bits per heavy atom. The van der Waals surface area contributed by atoms with Crippen LogP contribution in [0.25, 0.3) is 10.8 Å². The van der Waals surface area contributed by atoms with Crippen LogP contribution in [0.2, 0.25) is 0 Å². The van der Waals surface area contributed by atoms with Crippen LogP contribution in [-0.2, 0) is 19.3 Å². The van der Waals surface area contributed by atoms with Crippen LogP contribution >= 0.6 is 0 Å². The number of halogens is 5. The first-order valence-corrected chi connectivity index (χ1v) is 13.1. The first-order valence-electron chi connectivity index (χ1n) is 13.1. The van der Waals surface area contributed by atoms with Gasteiger partial charge in [-0.25, -0.2) is 13.2 Å². The third-order valence-corrected chi connectivity index (χ3v) is 6.61. The fraction of sp³-hybridized carbons (Fsp3) is 0.273. The lowest BCUT2D eigenvalue weighted by atomic mass is 9.98. The molecule has 39 heavy (non-hydrogen) atoms. The molecular weight excluding hydrogens is 507 g/mol. The molecule has 0 N–H and O–H groups in total. The molecule has 0 aliphatic carbocycles. The van der Waals surface area contributed by atoms with Gasteiger partial charge in [0.25, 0.3) is 0 Å². The van der Waals surface area contributed by atoms with Crippen LogP contribution in [0.4, 0.5) is 22.0 Å². The average Bonchev–Trinajstić information content (AvgIpc) is 2.92. The van der Waals surface area contributed by atoms with Crippen molar-refractivity contribution in [3.8, 4) is 17.6 Å². The summed E-state index contributed by atoms with van der Waals surface area (Å²) in [5, 5.41) is 1.11. The van der Waals surface area contributed by atoms with Crippen LogP contribution in [0.5, 0.6) is 5.75 Å². The van der Waals surface area contributed by atoms with Gasteiger partial charge in [0.15, 0.2) is 17.4 Å². The topological polar surface area (TPSA) is 9.23 Å². The first kappa shape index (κ1) is 28.2. The highest BCUT2D eigenvalue weighted by molar-refractivity contribution is 5.85. The van der Waals surface area contributed by atoms with Crippen molar-refractivity contribution in [2.45, 2.75) is 58.5 Å². The number of fused-ring (bicyclic) bond motifs is 1. The molecule has 4 aromatic carbocycles. The Bertz CT molecular complexity index is 1460. The predicted octanol–water partition coefficient (Wildman–Crippen LogP) is 9.17. The van der Waals surface area contributed by atoms with E-state index in [0.717, 1.165) is 42.3 Å². The Hall–Kier alpha value is -3.85. The van der Waals surface area contributed by atoms with Crippen LogP contribution in [0.3, 0.4) is 0 Å². The lowest BCUT2D eigenvalue weighted by Crippen LogP contribution is -2.06. The maximum absolute atomic E-state index is 15.1. The van der Waals surface area contributed by atoms with Gasteiger partial charge in [-0.1, -0.05) is 86.6 Å². The van der Waals surface area contributed by atoms with E-state index in [1.54, 1.807) is 12.1 Å². The Morgan fingerprint density at radius 3 is 2.00 bits per heavy atom. The largest absolute Gasteiger partial charge is 0.429 e. The molecule has 0 aliphatic heterocycles. The van der Waals surface area contributed by atoms with Gasteiger partial charge in [0.05, 0.1) is 5.56 Å². The van der Waals surface area contributed by atoms with Crippen molar-refractivity contribution < 1.29 is 26.7 Å². The number of aryl methyl sites for hydroxylation is 3. The summed E-state index contributed by atoms with van der Waals surface area (Å²) in [4.78, 5) is 0. The van der Waals surface area contributed by atoms with Gasteiger partial charge in [0.1, 0.15) is 5.82 Å². The van der Waals surface area contributed by atoms with E-state index in [0.29, 0.717) is 5.39 Å². The van der Waals surface area contributed by atoms with Gasteiger partial charge in [-0.15, -0.1) is 0 Å². The van der Waals surface area contributed by atoms with E-state index in [-0.39, 0.29) is 11.1 Å². The molecule has 0 bridgehead atoms. The molecule has 0 heterocycles. The summed E-state index contributed by atoms with van der Waals surface area (Å²) in [6.45, 7) is -1.15. The fourth-order valence-corrected chi connectivity index (χ4v) is 4.48. The number of benzene rings is 4. The number of hydrogen-bond acceptors (Lipinski definition) is 1. The average molecular weight is 537 g/mol. The third kappa shape index (κ3) is 7.60. The maximum Gasteiger partial charge on any atom is 0.387 e. The molecule has 0 unspecified atom stereocenters. The zero-order valence-electron chi connectivity index (χ0n) is 21.7. The number of ether oxygens (including phenoxy) is 1. The minimum Gasteiger partial charge on any atom is -0.429 e. The molecule has 202 valence electrons. The molecule has 0 radical (unpaired) electrons. The second-order valence-electron chi connectivity index (χ2n) is 9.51. The molecule has 4 rings (SSSR count). The van der Waals surface area contributed by atoms with Gasteiger partial charge in [-0.2, -0.15) is 8.78 Å². The molecule has 4 aromatic rings. The summed E-state index contributed by atoms with van der Waals surface area (Å²) >= 11 is 0. The van der Waals surface area contributed by atoms with Gasteiger partial charge >= 0.3 is 6.61 Å². The number of hydrogen-bond donors (Lipinski definition) is 0. The van der Waals surface area contributed by atoms with E-state index >= 15 is 4.39 Å². The molecule has 1 nitrogen and oxygen atoms in total. The van der Waals surface area contributed by atoms with E-state index < -0.39 is 29.8 Å². The Labute approximate surface area is 225 Å². The Balaban J connectivity index is 1.43. The normalized spacial score (nSPS) is 11.1. The van der Waals surface area contributed by atoms with Crippen molar-refractivity contribution in [2.24, 2.45) is 0 Å². The molecule has 0 spiro atoms. The summed E-state index contributed by atoms with van der Waals surface area (Å²) < 4.78 is 71.5. The monoisotopic (exact) mass is 536 g/mol. The molecular formula is C33H29F5O. The quantitative estimate of drug-likeness (QED) is 0.112. The lowest BCUT2D eigenvalue weighted by molar-refractivity contribution is -0.0546. The zero-order valence-corrected chi connectivity index (χ0v) is 21.7. The van der Waals surface area contributed by atoms with Crippen molar-refractivity contribution >= 4 is 10.8 Å². The smallest absolute Gasteiger partial charge is 0.387 e. The second kappa shape index (κ2) is 13.3. The van der Waals surface area contributed by atoms with Crippen molar-refractivity contribution in [1.82, 2.24) is 0 Å². The predicted molar refractivity (Wildman–Crippen MR) is 145 cm³/mol. The molecule has 0 amide bonds. The number of alkyl halides is 2. The van der Waals surface area contributed by atoms with Gasteiger partial charge in [-0.3, -0.25) is 0 Å². The summed E-state index contributed by atoms with van der Waals surface area (Å²) in [6, 6.07) is 19.1.